The third-order valence-electron chi connectivity index (χ3n) is 1.30. The first kappa shape index (κ1) is 9.50. The maximum Gasteiger partial charge on any atom is 1.00 e. The van der Waals surface area contributed by atoms with Gasteiger partial charge in [-0.05, 0) is 19.3 Å². The number of allylic oxidation sites excluding steroid dienone is 1. The van der Waals surface area contributed by atoms with Crippen LogP contribution in [-0.4, -0.2) is 11.2 Å². The Hall–Kier alpha value is 0.500. The van der Waals surface area contributed by atoms with E-state index in [0.717, 1.165) is 12.8 Å². The molecule has 0 saturated carbocycles. The molecule has 0 fully saturated rings. The molecule has 0 aliphatic heterocycles. The van der Waals surface area contributed by atoms with Crippen LogP contribution in [0.5, 0.6) is 0 Å². The predicted molar refractivity (Wildman–Crippen MR) is 27.9 cm³/mol. The molecule has 0 heterocycles. The Morgan fingerprint density at radius 2 is 2.33 bits per heavy atom. The van der Waals surface area contributed by atoms with Crippen molar-refractivity contribution in [2.45, 2.75) is 25.4 Å². The molecule has 0 aromatic rings. The van der Waals surface area contributed by atoms with E-state index in [2.05, 4.69) is 0 Å². The molecule has 1 unspecified atom stereocenters. The average molecular weight is 136 g/mol. The van der Waals surface area contributed by atoms with Crippen LogP contribution in [0, 0.1) is 0 Å². The Labute approximate surface area is 76.9 Å². The second kappa shape index (κ2) is 4.34. The zero-order valence-electron chi connectivity index (χ0n) is 5.63. The smallest absolute Gasteiger partial charge is 0.876 e. The fourth-order valence-electron chi connectivity index (χ4n) is 0.867. The van der Waals surface area contributed by atoms with E-state index in [1.807, 2.05) is 0 Å². The minimum absolute atomic E-state index is 0. The SMILES string of the molecule is [Na+].[O-]C1=CC(O)CCC1. The van der Waals surface area contributed by atoms with Gasteiger partial charge in [0.1, 0.15) is 0 Å². The Bertz CT molecular complexity index is 112. The fourth-order valence-corrected chi connectivity index (χ4v) is 0.867. The monoisotopic (exact) mass is 136 g/mol. The standard InChI is InChI=1S/C6H10O2.Na/c7-5-2-1-3-6(8)4-5;/h4-5,7-8H,1-3H2;/q;+1/p-1. The molecule has 1 rings (SSSR count). The molecule has 0 spiro atoms. The van der Waals surface area contributed by atoms with E-state index >= 15 is 0 Å². The van der Waals surface area contributed by atoms with Gasteiger partial charge >= 0.3 is 29.6 Å². The fraction of sp³-hybridized carbons (Fsp3) is 0.667. The second-order valence-corrected chi connectivity index (χ2v) is 2.09. The van der Waals surface area contributed by atoms with Gasteiger partial charge in [0.05, 0.1) is 6.10 Å². The van der Waals surface area contributed by atoms with Gasteiger partial charge in [-0.1, -0.05) is 6.08 Å². The molecule has 0 aromatic carbocycles. The van der Waals surface area contributed by atoms with Gasteiger partial charge in [-0.25, -0.2) is 0 Å². The molecule has 0 aromatic heterocycles. The summed E-state index contributed by atoms with van der Waals surface area (Å²) < 4.78 is 0. The second-order valence-electron chi connectivity index (χ2n) is 2.09. The molecular formula is C6H9NaO2. The normalized spacial score (nSPS) is 26.3. The molecule has 1 aliphatic carbocycles. The van der Waals surface area contributed by atoms with Crippen molar-refractivity contribution in [2.75, 3.05) is 0 Å². The van der Waals surface area contributed by atoms with Crippen molar-refractivity contribution in [3.05, 3.63) is 11.8 Å². The molecule has 1 atom stereocenters. The molecule has 1 aliphatic rings. The van der Waals surface area contributed by atoms with Crippen LogP contribution in [0.1, 0.15) is 19.3 Å². The molecule has 9 heavy (non-hydrogen) atoms. The van der Waals surface area contributed by atoms with Crippen molar-refractivity contribution in [2.24, 2.45) is 0 Å². The van der Waals surface area contributed by atoms with Gasteiger partial charge in [0.15, 0.2) is 0 Å². The largest absolute Gasteiger partial charge is 1.00 e. The third kappa shape index (κ3) is 3.26. The van der Waals surface area contributed by atoms with Crippen molar-refractivity contribution in [1.82, 2.24) is 0 Å². The van der Waals surface area contributed by atoms with Gasteiger partial charge < -0.3 is 10.2 Å². The summed E-state index contributed by atoms with van der Waals surface area (Å²) in [6, 6.07) is 0. The Morgan fingerprint density at radius 3 is 2.67 bits per heavy atom. The number of hydrogen-bond donors (Lipinski definition) is 1. The van der Waals surface area contributed by atoms with Crippen molar-refractivity contribution < 1.29 is 39.8 Å². The summed E-state index contributed by atoms with van der Waals surface area (Å²) in [5, 5.41) is 19.3. The van der Waals surface area contributed by atoms with Gasteiger partial charge in [-0.15, -0.1) is 5.76 Å². The maximum atomic E-state index is 10.5. The first-order valence-corrected chi connectivity index (χ1v) is 2.85. The van der Waals surface area contributed by atoms with Crippen molar-refractivity contribution >= 4 is 0 Å². The van der Waals surface area contributed by atoms with E-state index in [4.69, 9.17) is 5.11 Å². The maximum absolute atomic E-state index is 10.5. The van der Waals surface area contributed by atoms with Crippen LogP contribution in [0.3, 0.4) is 0 Å². The van der Waals surface area contributed by atoms with E-state index in [1.165, 1.54) is 6.08 Å². The first-order valence-electron chi connectivity index (χ1n) is 2.85. The summed E-state index contributed by atoms with van der Waals surface area (Å²) >= 11 is 0. The summed E-state index contributed by atoms with van der Waals surface area (Å²) in [7, 11) is 0. The summed E-state index contributed by atoms with van der Waals surface area (Å²) in [4.78, 5) is 0. The number of rotatable bonds is 0. The van der Waals surface area contributed by atoms with Crippen LogP contribution in [0.4, 0.5) is 0 Å². The van der Waals surface area contributed by atoms with Crippen LogP contribution in [0.25, 0.3) is 0 Å². The molecule has 46 valence electrons. The predicted octanol–water partition coefficient (Wildman–Crippen LogP) is -3.22. The molecule has 0 saturated heterocycles. The van der Waals surface area contributed by atoms with E-state index in [1.54, 1.807) is 0 Å². The zero-order valence-corrected chi connectivity index (χ0v) is 7.63. The molecule has 1 N–H and O–H groups in total. The van der Waals surface area contributed by atoms with Crippen LogP contribution >= 0.6 is 0 Å². The Kier molecular flexibility index (Phi) is 4.58. The quantitative estimate of drug-likeness (QED) is 0.356. The zero-order chi connectivity index (χ0) is 5.98. The summed E-state index contributed by atoms with van der Waals surface area (Å²) in [6.07, 6.45) is 3.15. The topological polar surface area (TPSA) is 43.3 Å². The number of hydrogen-bond acceptors (Lipinski definition) is 2. The summed E-state index contributed by atoms with van der Waals surface area (Å²) in [5.74, 6) is 0.0868. The van der Waals surface area contributed by atoms with Gasteiger partial charge in [-0.2, -0.15) is 0 Å². The Balaban J connectivity index is 0.000000640. The minimum atomic E-state index is -0.462. The molecule has 0 radical (unpaired) electrons. The van der Waals surface area contributed by atoms with E-state index in [0.29, 0.717) is 6.42 Å². The minimum Gasteiger partial charge on any atom is -0.876 e. The van der Waals surface area contributed by atoms with Gasteiger partial charge in [-0.3, -0.25) is 0 Å². The first-order chi connectivity index (χ1) is 3.79. The van der Waals surface area contributed by atoms with Gasteiger partial charge in [0.2, 0.25) is 0 Å². The van der Waals surface area contributed by atoms with Crippen LogP contribution in [0.2, 0.25) is 0 Å². The summed E-state index contributed by atoms with van der Waals surface area (Å²) in [5.41, 5.74) is 0. The molecule has 3 heteroatoms. The average Bonchev–Trinajstić information content (AvgIpc) is 1.64. The third-order valence-corrected chi connectivity index (χ3v) is 1.30. The van der Waals surface area contributed by atoms with Crippen LogP contribution < -0.4 is 34.7 Å². The molecular weight excluding hydrogens is 127 g/mol. The van der Waals surface area contributed by atoms with E-state index in [-0.39, 0.29) is 35.3 Å². The van der Waals surface area contributed by atoms with Gasteiger partial charge in [0, 0.05) is 0 Å². The van der Waals surface area contributed by atoms with Crippen molar-refractivity contribution in [3.63, 3.8) is 0 Å². The van der Waals surface area contributed by atoms with Gasteiger partial charge in [0.25, 0.3) is 0 Å². The Morgan fingerprint density at radius 1 is 1.67 bits per heavy atom. The van der Waals surface area contributed by atoms with Crippen LogP contribution in [0.15, 0.2) is 11.8 Å². The molecule has 0 amide bonds. The number of aliphatic hydroxyl groups is 1. The number of aliphatic hydroxyl groups excluding tert-OH is 1. The van der Waals surface area contributed by atoms with E-state index in [9.17, 15) is 5.11 Å². The molecule has 0 bridgehead atoms. The van der Waals surface area contributed by atoms with Crippen molar-refractivity contribution in [3.8, 4) is 0 Å². The summed E-state index contributed by atoms with van der Waals surface area (Å²) in [6.45, 7) is 0. The van der Waals surface area contributed by atoms with Crippen LogP contribution in [-0.2, 0) is 0 Å². The van der Waals surface area contributed by atoms with Crippen molar-refractivity contribution in [1.29, 1.82) is 0 Å². The molecule has 2 nitrogen and oxygen atoms in total. The van der Waals surface area contributed by atoms with E-state index < -0.39 is 6.10 Å².